The van der Waals surface area contributed by atoms with Crippen molar-refractivity contribution in [3.8, 4) is 0 Å². The fourth-order valence-corrected chi connectivity index (χ4v) is 3.57. The molecule has 1 saturated heterocycles. The zero-order valence-corrected chi connectivity index (χ0v) is 11.9. The number of hydrogen-bond acceptors (Lipinski definition) is 2. The Morgan fingerprint density at radius 2 is 1.41 bits per heavy atom. The van der Waals surface area contributed by atoms with E-state index in [1.54, 1.807) is 0 Å². The molecule has 1 aliphatic heterocycles. The third-order valence-electron chi connectivity index (χ3n) is 4.77. The molecule has 2 aliphatic rings. The Labute approximate surface area is 107 Å². The molecule has 0 aromatic heterocycles. The zero-order chi connectivity index (χ0) is 12.4. The van der Waals surface area contributed by atoms with Gasteiger partial charge in [-0.3, -0.25) is 0 Å². The lowest BCUT2D eigenvalue weighted by atomic mass is 9.78. The Morgan fingerprint density at radius 3 is 2.00 bits per heavy atom. The summed E-state index contributed by atoms with van der Waals surface area (Å²) in [5, 5.41) is 3.89. The molecule has 1 saturated carbocycles. The van der Waals surface area contributed by atoms with E-state index in [-0.39, 0.29) is 0 Å². The van der Waals surface area contributed by atoms with Gasteiger partial charge in [0.15, 0.2) is 0 Å². The first-order valence-corrected chi connectivity index (χ1v) is 7.46. The van der Waals surface area contributed by atoms with E-state index < -0.39 is 0 Å². The molecule has 5 atom stereocenters. The normalized spacial score (nSPS) is 48.0. The van der Waals surface area contributed by atoms with E-state index in [2.05, 4.69) is 33.0 Å². The van der Waals surface area contributed by atoms with Crippen molar-refractivity contribution in [2.45, 2.75) is 84.1 Å². The van der Waals surface area contributed by atoms with Gasteiger partial charge in [-0.1, -0.05) is 13.8 Å². The average molecular weight is 239 g/mol. The van der Waals surface area contributed by atoms with Gasteiger partial charge in [0.25, 0.3) is 0 Å². The van der Waals surface area contributed by atoms with Crippen LogP contribution in [0.3, 0.4) is 0 Å². The molecule has 0 aromatic carbocycles. The van der Waals surface area contributed by atoms with Crippen LogP contribution in [-0.4, -0.2) is 24.3 Å². The molecule has 1 aliphatic carbocycles. The summed E-state index contributed by atoms with van der Waals surface area (Å²) in [6, 6.07) is 1.43. The first-order chi connectivity index (χ1) is 8.04. The van der Waals surface area contributed by atoms with Crippen LogP contribution < -0.4 is 5.32 Å². The quantitative estimate of drug-likeness (QED) is 0.798. The number of rotatable bonds is 2. The lowest BCUT2D eigenvalue weighted by Crippen LogP contribution is -2.47. The van der Waals surface area contributed by atoms with Crippen molar-refractivity contribution < 1.29 is 4.74 Å². The van der Waals surface area contributed by atoms with E-state index in [0.29, 0.717) is 18.2 Å². The molecular formula is C15H29NO. The Morgan fingerprint density at radius 1 is 0.765 bits per heavy atom. The van der Waals surface area contributed by atoms with Gasteiger partial charge in [0.05, 0.1) is 12.2 Å². The summed E-state index contributed by atoms with van der Waals surface area (Å²) < 4.78 is 5.80. The third-order valence-corrected chi connectivity index (χ3v) is 4.77. The Bertz CT molecular complexity index is 233. The maximum atomic E-state index is 5.80. The zero-order valence-electron chi connectivity index (χ0n) is 11.9. The van der Waals surface area contributed by atoms with Gasteiger partial charge in [-0.05, 0) is 57.8 Å². The molecule has 1 heterocycles. The highest BCUT2D eigenvalue weighted by Gasteiger charge is 2.29. The first-order valence-electron chi connectivity index (χ1n) is 7.46. The SMILES string of the molecule is CC1CC(NC2CCC(C)C(C)C2)CC(C)O1. The van der Waals surface area contributed by atoms with Crippen LogP contribution in [0.5, 0.6) is 0 Å². The van der Waals surface area contributed by atoms with Crippen LogP contribution in [0.25, 0.3) is 0 Å². The number of hydrogen-bond donors (Lipinski definition) is 1. The van der Waals surface area contributed by atoms with Gasteiger partial charge in [-0.25, -0.2) is 0 Å². The maximum absolute atomic E-state index is 5.80. The monoisotopic (exact) mass is 239 g/mol. The molecule has 2 nitrogen and oxygen atoms in total. The lowest BCUT2D eigenvalue weighted by molar-refractivity contribution is -0.0447. The van der Waals surface area contributed by atoms with Gasteiger partial charge < -0.3 is 10.1 Å². The van der Waals surface area contributed by atoms with Crippen molar-refractivity contribution in [1.82, 2.24) is 5.32 Å². The highest BCUT2D eigenvalue weighted by atomic mass is 16.5. The van der Waals surface area contributed by atoms with Gasteiger partial charge >= 0.3 is 0 Å². The minimum Gasteiger partial charge on any atom is -0.375 e. The Kier molecular flexibility index (Phi) is 4.48. The van der Waals surface area contributed by atoms with Gasteiger partial charge in [0.2, 0.25) is 0 Å². The molecule has 2 rings (SSSR count). The summed E-state index contributed by atoms with van der Waals surface area (Å²) >= 11 is 0. The van der Waals surface area contributed by atoms with Crippen LogP contribution in [0.2, 0.25) is 0 Å². The summed E-state index contributed by atoms with van der Waals surface area (Å²) in [5.41, 5.74) is 0. The summed E-state index contributed by atoms with van der Waals surface area (Å²) in [6.45, 7) is 9.22. The van der Waals surface area contributed by atoms with Crippen LogP contribution in [0.1, 0.15) is 59.8 Å². The Balaban J connectivity index is 1.80. The standard InChI is InChI=1S/C15H29NO/c1-10-5-6-14(7-11(10)2)16-15-8-12(3)17-13(4)9-15/h10-16H,5-9H2,1-4H3. The van der Waals surface area contributed by atoms with Gasteiger partial charge in [-0.2, -0.15) is 0 Å². The molecule has 17 heavy (non-hydrogen) atoms. The van der Waals surface area contributed by atoms with Crippen LogP contribution >= 0.6 is 0 Å². The van der Waals surface area contributed by atoms with E-state index >= 15 is 0 Å². The number of ether oxygens (including phenoxy) is 1. The third kappa shape index (κ3) is 3.69. The summed E-state index contributed by atoms with van der Waals surface area (Å²) in [4.78, 5) is 0. The van der Waals surface area contributed by atoms with Crippen molar-refractivity contribution in [2.24, 2.45) is 11.8 Å². The van der Waals surface area contributed by atoms with Crippen LogP contribution in [0, 0.1) is 11.8 Å². The molecule has 2 heteroatoms. The van der Waals surface area contributed by atoms with Crippen LogP contribution in [0.4, 0.5) is 0 Å². The molecule has 1 N–H and O–H groups in total. The van der Waals surface area contributed by atoms with Gasteiger partial charge in [-0.15, -0.1) is 0 Å². The van der Waals surface area contributed by atoms with Crippen LogP contribution in [-0.2, 0) is 4.74 Å². The molecule has 5 unspecified atom stereocenters. The van der Waals surface area contributed by atoms with Crippen molar-refractivity contribution >= 4 is 0 Å². The minimum absolute atomic E-state index is 0.427. The second kappa shape index (κ2) is 5.71. The average Bonchev–Trinajstić information content (AvgIpc) is 2.22. The predicted molar refractivity (Wildman–Crippen MR) is 72.1 cm³/mol. The smallest absolute Gasteiger partial charge is 0.0565 e. The predicted octanol–water partition coefficient (Wildman–Crippen LogP) is 3.36. The van der Waals surface area contributed by atoms with E-state index in [1.807, 2.05) is 0 Å². The Hall–Kier alpha value is -0.0800. The highest BCUT2D eigenvalue weighted by molar-refractivity contribution is 4.85. The summed E-state index contributed by atoms with van der Waals surface area (Å²) in [6.07, 6.45) is 7.35. The fraction of sp³-hybridized carbons (Fsp3) is 1.00. The van der Waals surface area contributed by atoms with E-state index in [9.17, 15) is 0 Å². The summed E-state index contributed by atoms with van der Waals surface area (Å²) in [5.74, 6) is 1.80. The molecule has 0 radical (unpaired) electrons. The van der Waals surface area contributed by atoms with Crippen molar-refractivity contribution in [1.29, 1.82) is 0 Å². The van der Waals surface area contributed by atoms with E-state index in [4.69, 9.17) is 4.74 Å². The largest absolute Gasteiger partial charge is 0.375 e. The van der Waals surface area contributed by atoms with Crippen molar-refractivity contribution in [3.63, 3.8) is 0 Å². The first kappa shape index (κ1) is 13.4. The molecule has 0 aromatic rings. The molecule has 100 valence electrons. The summed E-state index contributed by atoms with van der Waals surface area (Å²) in [7, 11) is 0. The second-order valence-corrected chi connectivity index (χ2v) is 6.56. The second-order valence-electron chi connectivity index (χ2n) is 6.56. The van der Waals surface area contributed by atoms with Gasteiger partial charge in [0.1, 0.15) is 0 Å². The topological polar surface area (TPSA) is 21.3 Å². The molecule has 0 spiro atoms. The molecule has 0 amide bonds. The molecule has 2 fully saturated rings. The molecular weight excluding hydrogens is 210 g/mol. The van der Waals surface area contributed by atoms with Crippen molar-refractivity contribution in [3.05, 3.63) is 0 Å². The van der Waals surface area contributed by atoms with Gasteiger partial charge in [0, 0.05) is 12.1 Å². The van der Waals surface area contributed by atoms with Crippen molar-refractivity contribution in [2.75, 3.05) is 0 Å². The maximum Gasteiger partial charge on any atom is 0.0565 e. The van der Waals surface area contributed by atoms with E-state index in [1.165, 1.54) is 32.1 Å². The highest BCUT2D eigenvalue weighted by Crippen LogP contribution is 2.30. The lowest BCUT2D eigenvalue weighted by Gasteiger charge is -2.38. The van der Waals surface area contributed by atoms with Crippen LogP contribution in [0.15, 0.2) is 0 Å². The molecule has 0 bridgehead atoms. The minimum atomic E-state index is 0.427. The van der Waals surface area contributed by atoms with E-state index in [0.717, 1.165) is 17.9 Å². The fourth-order valence-electron chi connectivity index (χ4n) is 3.57. The number of nitrogens with one attached hydrogen (secondary N) is 1.